The highest BCUT2D eigenvalue weighted by molar-refractivity contribution is 8.26. The van der Waals surface area contributed by atoms with E-state index in [1.807, 2.05) is 30.3 Å². The lowest BCUT2D eigenvalue weighted by Gasteiger charge is -2.14. The summed E-state index contributed by atoms with van der Waals surface area (Å²) in [4.78, 5) is 32.6. The smallest absolute Gasteiger partial charge is 0.267 e. The lowest BCUT2D eigenvalue weighted by molar-refractivity contribution is -0.122. The first-order valence-electron chi connectivity index (χ1n) is 9.74. The Bertz CT molecular complexity index is 1220. The minimum atomic E-state index is -0.287. The number of amides is 1. The van der Waals surface area contributed by atoms with Gasteiger partial charge in [0.2, 0.25) is 0 Å². The number of nitrogens with zero attached hydrogens (tertiary/aromatic N) is 3. The highest BCUT2D eigenvalue weighted by atomic mass is 32.2. The largest absolute Gasteiger partial charge is 0.396 e. The molecule has 0 radical (unpaired) electrons. The number of rotatable bonds is 7. The van der Waals surface area contributed by atoms with Gasteiger partial charge in [0, 0.05) is 19.3 Å². The van der Waals surface area contributed by atoms with Crippen LogP contribution in [0.25, 0.3) is 11.7 Å². The number of carbonyl (C=O) groups excluding carboxylic acids is 1. The van der Waals surface area contributed by atoms with Gasteiger partial charge in [0.05, 0.1) is 17.0 Å². The van der Waals surface area contributed by atoms with Crippen LogP contribution in [0.1, 0.15) is 17.5 Å². The summed E-state index contributed by atoms with van der Waals surface area (Å²) in [6, 6.07) is 14.9. The number of thioether (sulfide) groups is 1. The van der Waals surface area contributed by atoms with Gasteiger partial charge in [0.25, 0.3) is 11.5 Å². The maximum Gasteiger partial charge on any atom is 0.267 e. The molecule has 1 amide bonds. The van der Waals surface area contributed by atoms with Gasteiger partial charge in [0.1, 0.15) is 15.8 Å². The predicted octanol–water partition coefficient (Wildman–Crippen LogP) is 2.89. The third-order valence-electron chi connectivity index (χ3n) is 4.73. The normalized spacial score (nSPS) is 15.3. The van der Waals surface area contributed by atoms with Gasteiger partial charge in [-0.3, -0.25) is 18.9 Å². The Morgan fingerprint density at radius 1 is 1.13 bits per heavy atom. The molecule has 0 bridgehead atoms. The average molecular weight is 453 g/mol. The SMILES string of the molecule is O=C1/C(=C\c2c(NCCCO)nc3ccccn3c2=O)SC(=S)N1Cc1ccccc1. The van der Waals surface area contributed by atoms with Crippen LogP contribution in [0.4, 0.5) is 5.82 Å². The number of benzene rings is 1. The molecule has 0 saturated carbocycles. The molecule has 1 aromatic carbocycles. The maximum atomic E-state index is 13.2. The zero-order valence-corrected chi connectivity index (χ0v) is 18.2. The number of pyridine rings is 1. The third-order valence-corrected chi connectivity index (χ3v) is 6.11. The number of hydrogen-bond donors (Lipinski definition) is 2. The van der Waals surface area contributed by atoms with Crippen LogP contribution in [-0.2, 0) is 11.3 Å². The second-order valence-electron chi connectivity index (χ2n) is 6.87. The number of fused-ring (bicyclic) bond motifs is 1. The first-order chi connectivity index (χ1) is 15.1. The van der Waals surface area contributed by atoms with E-state index in [9.17, 15) is 9.59 Å². The molecule has 1 saturated heterocycles. The number of aromatic nitrogens is 2. The summed E-state index contributed by atoms with van der Waals surface area (Å²) >= 11 is 6.60. The standard InChI is InChI=1S/C22H20N4O3S2/c27-12-6-10-23-19-16(20(28)25-11-5-4-9-18(25)24-19)13-17-21(29)26(22(30)31-17)14-15-7-2-1-3-8-15/h1-5,7-9,11,13,23,27H,6,10,12,14H2/b17-13+. The number of nitrogens with one attached hydrogen (secondary N) is 1. The maximum absolute atomic E-state index is 13.2. The number of aliphatic hydroxyl groups is 1. The van der Waals surface area contributed by atoms with Gasteiger partial charge in [-0.2, -0.15) is 0 Å². The number of anilines is 1. The Labute approximate surface area is 188 Å². The molecule has 1 aliphatic rings. The monoisotopic (exact) mass is 452 g/mol. The minimum Gasteiger partial charge on any atom is -0.396 e. The molecule has 3 aromatic rings. The number of carbonyl (C=O) groups is 1. The van der Waals surface area contributed by atoms with Gasteiger partial charge >= 0.3 is 0 Å². The van der Waals surface area contributed by atoms with E-state index in [1.54, 1.807) is 30.5 Å². The lowest BCUT2D eigenvalue weighted by atomic mass is 10.2. The zero-order valence-electron chi connectivity index (χ0n) is 16.5. The van der Waals surface area contributed by atoms with E-state index < -0.39 is 0 Å². The minimum absolute atomic E-state index is 0.0209. The molecule has 2 aromatic heterocycles. The van der Waals surface area contributed by atoms with E-state index in [0.717, 1.165) is 5.56 Å². The molecule has 158 valence electrons. The van der Waals surface area contributed by atoms with Gasteiger partial charge < -0.3 is 10.4 Å². The van der Waals surface area contributed by atoms with Gasteiger partial charge in [-0.15, -0.1) is 0 Å². The molecule has 9 heteroatoms. The summed E-state index contributed by atoms with van der Waals surface area (Å²) in [5.74, 6) is 0.135. The second kappa shape index (κ2) is 9.42. The summed E-state index contributed by atoms with van der Waals surface area (Å²) in [7, 11) is 0. The van der Waals surface area contributed by atoms with Crippen molar-refractivity contribution < 1.29 is 9.90 Å². The molecule has 0 spiro atoms. The quantitative estimate of drug-likeness (QED) is 0.324. The predicted molar refractivity (Wildman–Crippen MR) is 127 cm³/mol. The van der Waals surface area contributed by atoms with E-state index in [-0.39, 0.29) is 23.6 Å². The molecular formula is C22H20N4O3S2. The molecule has 1 fully saturated rings. The van der Waals surface area contributed by atoms with E-state index in [0.29, 0.717) is 40.2 Å². The van der Waals surface area contributed by atoms with E-state index in [1.165, 1.54) is 21.1 Å². The first-order valence-corrected chi connectivity index (χ1v) is 11.0. The molecule has 0 unspecified atom stereocenters. The fourth-order valence-corrected chi connectivity index (χ4v) is 4.42. The van der Waals surface area contributed by atoms with Crippen molar-refractivity contribution in [3.8, 4) is 0 Å². The summed E-state index contributed by atoms with van der Waals surface area (Å²) in [6.07, 6.45) is 3.70. The Morgan fingerprint density at radius 2 is 1.90 bits per heavy atom. The van der Waals surface area contributed by atoms with Crippen LogP contribution in [0.5, 0.6) is 0 Å². The topological polar surface area (TPSA) is 86.9 Å². The van der Waals surface area contributed by atoms with Gasteiger partial charge in [0.15, 0.2) is 0 Å². The van der Waals surface area contributed by atoms with Crippen molar-refractivity contribution in [3.05, 3.63) is 81.1 Å². The molecule has 2 N–H and O–H groups in total. The molecular weight excluding hydrogens is 432 g/mol. The first kappa shape index (κ1) is 21.2. The van der Waals surface area contributed by atoms with Crippen molar-refractivity contribution in [2.24, 2.45) is 0 Å². The zero-order chi connectivity index (χ0) is 21.8. The van der Waals surface area contributed by atoms with Crippen LogP contribution >= 0.6 is 24.0 Å². The molecule has 7 nitrogen and oxygen atoms in total. The Balaban J connectivity index is 1.71. The molecule has 1 aliphatic heterocycles. The van der Waals surface area contributed by atoms with E-state index in [2.05, 4.69) is 10.3 Å². The molecule has 0 atom stereocenters. The lowest BCUT2D eigenvalue weighted by Crippen LogP contribution is -2.27. The fourth-order valence-electron chi connectivity index (χ4n) is 3.19. The van der Waals surface area contributed by atoms with Crippen LogP contribution in [0, 0.1) is 0 Å². The second-order valence-corrected chi connectivity index (χ2v) is 8.54. The van der Waals surface area contributed by atoms with Gasteiger partial charge in [-0.1, -0.05) is 60.4 Å². The summed E-state index contributed by atoms with van der Waals surface area (Å²) in [5, 5.41) is 12.2. The number of hydrogen-bond acceptors (Lipinski definition) is 7. The van der Waals surface area contributed by atoms with Crippen LogP contribution in [-0.4, -0.2) is 42.8 Å². The van der Waals surface area contributed by atoms with Crippen LogP contribution in [0.15, 0.2) is 64.4 Å². The molecule has 0 aliphatic carbocycles. The highest BCUT2D eigenvalue weighted by Gasteiger charge is 2.32. The fraction of sp³-hybridized carbons (Fsp3) is 0.182. The Hall–Kier alpha value is -3.01. The van der Waals surface area contributed by atoms with Crippen molar-refractivity contribution in [3.63, 3.8) is 0 Å². The van der Waals surface area contributed by atoms with E-state index in [4.69, 9.17) is 17.3 Å². The van der Waals surface area contributed by atoms with Crippen molar-refractivity contribution >= 4 is 51.7 Å². The number of thiocarbonyl (C=S) groups is 1. The summed E-state index contributed by atoms with van der Waals surface area (Å²) in [5.41, 5.74) is 1.46. The van der Waals surface area contributed by atoms with Crippen LogP contribution < -0.4 is 10.9 Å². The molecule has 31 heavy (non-hydrogen) atoms. The van der Waals surface area contributed by atoms with Gasteiger partial charge in [-0.25, -0.2) is 4.98 Å². The van der Waals surface area contributed by atoms with Crippen molar-refractivity contribution in [1.82, 2.24) is 14.3 Å². The highest BCUT2D eigenvalue weighted by Crippen LogP contribution is 2.34. The van der Waals surface area contributed by atoms with Crippen LogP contribution in [0.2, 0.25) is 0 Å². The Kier molecular flexibility index (Phi) is 6.45. The molecule has 3 heterocycles. The van der Waals surface area contributed by atoms with Crippen molar-refractivity contribution in [2.45, 2.75) is 13.0 Å². The number of aliphatic hydroxyl groups excluding tert-OH is 1. The summed E-state index contributed by atoms with van der Waals surface area (Å²) < 4.78 is 1.89. The third kappa shape index (κ3) is 4.53. The average Bonchev–Trinajstić information content (AvgIpc) is 3.04. The summed E-state index contributed by atoms with van der Waals surface area (Å²) in [6.45, 7) is 0.841. The molecule has 4 rings (SSSR count). The van der Waals surface area contributed by atoms with Gasteiger partial charge in [-0.05, 0) is 30.2 Å². The van der Waals surface area contributed by atoms with E-state index >= 15 is 0 Å². The van der Waals surface area contributed by atoms with Crippen molar-refractivity contribution in [1.29, 1.82) is 0 Å². The Morgan fingerprint density at radius 3 is 2.68 bits per heavy atom. The van der Waals surface area contributed by atoms with Crippen molar-refractivity contribution in [2.75, 3.05) is 18.5 Å². The van der Waals surface area contributed by atoms with Crippen LogP contribution in [0.3, 0.4) is 0 Å².